The number of anilines is 2. The minimum Gasteiger partial charge on any atom is -0.320 e. The van der Waals surface area contributed by atoms with Gasteiger partial charge in [-0.15, -0.1) is 0 Å². The largest absolute Gasteiger partial charge is 0.329 e. The third kappa shape index (κ3) is 5.19. The zero-order valence-corrected chi connectivity index (χ0v) is 16.4. The van der Waals surface area contributed by atoms with E-state index < -0.39 is 11.6 Å². The van der Waals surface area contributed by atoms with Crippen LogP contribution in [0.4, 0.5) is 25.0 Å². The molecule has 29 heavy (non-hydrogen) atoms. The first kappa shape index (κ1) is 20.5. The van der Waals surface area contributed by atoms with Gasteiger partial charge in [-0.05, 0) is 36.2 Å². The fourth-order valence-electron chi connectivity index (χ4n) is 3.13. The SMILES string of the molecule is CCCCN(Cc1ccccc1)C(=O)N(c1ccccc1)c1ccc(F)cc1F. The van der Waals surface area contributed by atoms with E-state index in [0.717, 1.165) is 30.5 Å². The number of carbonyl (C=O) groups is 1. The maximum Gasteiger partial charge on any atom is 0.329 e. The van der Waals surface area contributed by atoms with Crippen molar-refractivity contribution in [1.82, 2.24) is 4.90 Å². The summed E-state index contributed by atoms with van der Waals surface area (Å²) in [6.45, 7) is 3.00. The van der Waals surface area contributed by atoms with Gasteiger partial charge in [0.05, 0.1) is 11.4 Å². The quantitative estimate of drug-likeness (QED) is 0.447. The molecule has 150 valence electrons. The van der Waals surface area contributed by atoms with Crippen LogP contribution in [0.25, 0.3) is 0 Å². The van der Waals surface area contributed by atoms with Gasteiger partial charge in [0.25, 0.3) is 0 Å². The Morgan fingerprint density at radius 1 is 0.897 bits per heavy atom. The van der Waals surface area contributed by atoms with E-state index >= 15 is 0 Å². The van der Waals surface area contributed by atoms with Crippen molar-refractivity contribution < 1.29 is 13.6 Å². The molecule has 0 radical (unpaired) electrons. The second-order valence-electron chi connectivity index (χ2n) is 6.81. The highest BCUT2D eigenvalue weighted by atomic mass is 19.1. The molecule has 0 unspecified atom stereocenters. The highest BCUT2D eigenvalue weighted by Gasteiger charge is 2.26. The van der Waals surface area contributed by atoms with Crippen LogP contribution in [0.15, 0.2) is 78.9 Å². The number of benzene rings is 3. The highest BCUT2D eigenvalue weighted by molar-refractivity contribution is 5.99. The second-order valence-corrected chi connectivity index (χ2v) is 6.81. The van der Waals surface area contributed by atoms with E-state index in [1.54, 1.807) is 29.2 Å². The number of amides is 2. The van der Waals surface area contributed by atoms with Crippen molar-refractivity contribution in [3.05, 3.63) is 96.1 Å². The number of para-hydroxylation sites is 1. The zero-order valence-electron chi connectivity index (χ0n) is 16.4. The van der Waals surface area contributed by atoms with Gasteiger partial charge in [-0.2, -0.15) is 0 Å². The van der Waals surface area contributed by atoms with Crippen molar-refractivity contribution in [3.63, 3.8) is 0 Å². The number of hydrogen-bond acceptors (Lipinski definition) is 1. The average Bonchev–Trinajstić information content (AvgIpc) is 2.74. The van der Waals surface area contributed by atoms with Crippen LogP contribution in [0.3, 0.4) is 0 Å². The van der Waals surface area contributed by atoms with Crippen LogP contribution < -0.4 is 4.90 Å². The van der Waals surface area contributed by atoms with Gasteiger partial charge in [-0.25, -0.2) is 13.6 Å². The lowest BCUT2D eigenvalue weighted by Crippen LogP contribution is -2.41. The fourth-order valence-corrected chi connectivity index (χ4v) is 3.13. The first-order valence-corrected chi connectivity index (χ1v) is 9.73. The number of rotatable bonds is 7. The van der Waals surface area contributed by atoms with E-state index in [2.05, 4.69) is 6.92 Å². The molecule has 0 N–H and O–H groups in total. The van der Waals surface area contributed by atoms with E-state index in [9.17, 15) is 13.6 Å². The van der Waals surface area contributed by atoms with Gasteiger partial charge in [-0.1, -0.05) is 61.9 Å². The molecule has 0 aliphatic heterocycles. The molecule has 0 atom stereocenters. The van der Waals surface area contributed by atoms with Crippen molar-refractivity contribution in [3.8, 4) is 0 Å². The lowest BCUT2D eigenvalue weighted by molar-refractivity contribution is 0.203. The molecule has 0 aliphatic rings. The third-order valence-corrected chi connectivity index (χ3v) is 4.62. The Balaban J connectivity index is 2.00. The molecule has 3 nitrogen and oxygen atoms in total. The van der Waals surface area contributed by atoms with Crippen LogP contribution in [-0.4, -0.2) is 17.5 Å². The molecule has 0 bridgehead atoms. The Kier molecular flexibility index (Phi) is 6.95. The van der Waals surface area contributed by atoms with Gasteiger partial charge in [0.2, 0.25) is 0 Å². The summed E-state index contributed by atoms with van der Waals surface area (Å²) in [7, 11) is 0. The Bertz CT molecular complexity index is 932. The Hall–Kier alpha value is -3.21. The van der Waals surface area contributed by atoms with E-state index in [1.807, 2.05) is 36.4 Å². The average molecular weight is 394 g/mol. The number of unbranched alkanes of at least 4 members (excludes halogenated alkanes) is 1. The molecule has 3 aromatic carbocycles. The van der Waals surface area contributed by atoms with Gasteiger partial charge >= 0.3 is 6.03 Å². The number of carbonyl (C=O) groups excluding carboxylic acids is 1. The standard InChI is InChI=1S/C24H24F2N2O/c1-2-3-16-27(18-19-10-6-4-7-11-19)24(29)28(21-12-8-5-9-13-21)23-15-14-20(25)17-22(23)26/h4-15,17H,2-3,16,18H2,1H3. The van der Waals surface area contributed by atoms with Crippen LogP contribution in [0.2, 0.25) is 0 Å². The van der Waals surface area contributed by atoms with Crippen molar-refractivity contribution in [2.24, 2.45) is 0 Å². The minimum absolute atomic E-state index is 0.0251. The van der Waals surface area contributed by atoms with Crippen molar-refractivity contribution >= 4 is 17.4 Å². The van der Waals surface area contributed by atoms with Crippen LogP contribution in [0.5, 0.6) is 0 Å². The normalized spacial score (nSPS) is 10.6. The lowest BCUT2D eigenvalue weighted by Gasteiger charge is -2.31. The molecular formula is C24H24F2N2O. The highest BCUT2D eigenvalue weighted by Crippen LogP contribution is 2.30. The van der Waals surface area contributed by atoms with E-state index in [-0.39, 0.29) is 11.7 Å². The van der Waals surface area contributed by atoms with Crippen molar-refractivity contribution in [1.29, 1.82) is 0 Å². The van der Waals surface area contributed by atoms with Crippen molar-refractivity contribution in [2.75, 3.05) is 11.4 Å². The number of hydrogen-bond donors (Lipinski definition) is 0. The third-order valence-electron chi connectivity index (χ3n) is 4.62. The second kappa shape index (κ2) is 9.82. The first-order chi connectivity index (χ1) is 14.1. The summed E-state index contributed by atoms with van der Waals surface area (Å²) in [6, 6.07) is 21.5. The van der Waals surface area contributed by atoms with Gasteiger partial charge in [-0.3, -0.25) is 4.90 Å². The van der Waals surface area contributed by atoms with Gasteiger partial charge in [0.1, 0.15) is 11.6 Å². The Morgan fingerprint density at radius 3 is 2.17 bits per heavy atom. The monoisotopic (exact) mass is 394 g/mol. The zero-order chi connectivity index (χ0) is 20.6. The maximum absolute atomic E-state index is 14.6. The predicted octanol–water partition coefficient (Wildman–Crippen LogP) is 6.53. The summed E-state index contributed by atoms with van der Waals surface area (Å²) >= 11 is 0. The van der Waals surface area contributed by atoms with Crippen LogP contribution in [-0.2, 0) is 6.54 Å². The van der Waals surface area contributed by atoms with E-state index in [1.165, 1.54) is 11.0 Å². The minimum atomic E-state index is -0.780. The summed E-state index contributed by atoms with van der Waals surface area (Å²) < 4.78 is 28.1. The van der Waals surface area contributed by atoms with Gasteiger partial charge < -0.3 is 4.90 Å². The topological polar surface area (TPSA) is 23.6 Å². The number of urea groups is 1. The summed E-state index contributed by atoms with van der Waals surface area (Å²) in [4.78, 5) is 16.6. The predicted molar refractivity (Wildman–Crippen MR) is 112 cm³/mol. The molecule has 0 saturated heterocycles. The van der Waals surface area contributed by atoms with Gasteiger partial charge in [0, 0.05) is 19.2 Å². The molecule has 3 rings (SSSR count). The fraction of sp³-hybridized carbons (Fsp3) is 0.208. The lowest BCUT2D eigenvalue weighted by atomic mass is 10.2. The molecule has 5 heteroatoms. The summed E-state index contributed by atoms with van der Waals surface area (Å²) in [5.41, 5.74) is 1.54. The summed E-state index contributed by atoms with van der Waals surface area (Å²) in [5.74, 6) is -1.46. The molecule has 0 fully saturated rings. The molecule has 0 saturated carbocycles. The molecule has 2 amide bonds. The number of nitrogens with zero attached hydrogens (tertiary/aromatic N) is 2. The van der Waals surface area contributed by atoms with Crippen LogP contribution in [0, 0.1) is 11.6 Å². The van der Waals surface area contributed by atoms with Crippen LogP contribution >= 0.6 is 0 Å². The molecule has 0 aliphatic carbocycles. The molecule has 3 aromatic rings. The van der Waals surface area contributed by atoms with Crippen molar-refractivity contribution in [2.45, 2.75) is 26.3 Å². The molecule has 0 aromatic heterocycles. The Labute approximate surface area is 170 Å². The Morgan fingerprint density at radius 2 is 1.55 bits per heavy atom. The summed E-state index contributed by atoms with van der Waals surface area (Å²) in [6.07, 6.45) is 1.75. The molecule has 0 spiro atoms. The molecule has 0 heterocycles. The van der Waals surface area contributed by atoms with E-state index in [0.29, 0.717) is 18.8 Å². The molecular weight excluding hydrogens is 370 g/mol. The van der Waals surface area contributed by atoms with Gasteiger partial charge in [0.15, 0.2) is 0 Å². The first-order valence-electron chi connectivity index (χ1n) is 9.73. The van der Waals surface area contributed by atoms with E-state index in [4.69, 9.17) is 0 Å². The maximum atomic E-state index is 14.6. The number of halogens is 2. The van der Waals surface area contributed by atoms with Crippen LogP contribution in [0.1, 0.15) is 25.3 Å². The summed E-state index contributed by atoms with van der Waals surface area (Å²) in [5, 5.41) is 0. The smallest absolute Gasteiger partial charge is 0.320 e.